The maximum atomic E-state index is 12.3. The highest BCUT2D eigenvalue weighted by atomic mass is 16.5. The summed E-state index contributed by atoms with van der Waals surface area (Å²) in [5, 5.41) is 3.11. The van der Waals surface area contributed by atoms with Crippen molar-refractivity contribution in [3.05, 3.63) is 105 Å². The van der Waals surface area contributed by atoms with E-state index in [2.05, 4.69) is 35.1 Å². The Hall–Kier alpha value is -4.58. The molecule has 0 saturated carbocycles. The first-order valence-corrected chi connectivity index (χ1v) is 10.3. The quantitative estimate of drug-likeness (QED) is 0.401. The van der Waals surface area contributed by atoms with Crippen LogP contribution in [0.5, 0.6) is 11.6 Å². The molecule has 0 unspecified atom stereocenters. The summed E-state index contributed by atoms with van der Waals surface area (Å²) in [7, 11) is 0. The Labute approximate surface area is 190 Å². The number of H-pyrrole nitrogens is 1. The summed E-state index contributed by atoms with van der Waals surface area (Å²) in [6.45, 7) is 9.95. The zero-order valence-corrected chi connectivity index (χ0v) is 17.9. The van der Waals surface area contributed by atoms with Gasteiger partial charge in [0.05, 0.1) is 6.57 Å². The molecule has 0 saturated heterocycles. The van der Waals surface area contributed by atoms with Crippen molar-refractivity contribution in [1.82, 2.24) is 24.9 Å². The van der Waals surface area contributed by atoms with Gasteiger partial charge in [0, 0.05) is 49.4 Å². The molecule has 0 atom stereocenters. The van der Waals surface area contributed by atoms with E-state index in [0.29, 0.717) is 48.2 Å². The van der Waals surface area contributed by atoms with E-state index in [-0.39, 0.29) is 5.56 Å². The van der Waals surface area contributed by atoms with Crippen molar-refractivity contribution in [2.75, 3.05) is 11.9 Å². The monoisotopic (exact) mass is 439 g/mol. The third kappa shape index (κ3) is 5.77. The first kappa shape index (κ1) is 21.6. The number of aromatic amines is 1. The number of pyridine rings is 1. The molecule has 4 rings (SSSR count). The van der Waals surface area contributed by atoms with Crippen molar-refractivity contribution >= 4 is 11.6 Å². The molecule has 3 aromatic heterocycles. The molecule has 0 bridgehead atoms. The van der Waals surface area contributed by atoms with E-state index in [4.69, 9.17) is 11.3 Å². The molecule has 0 fully saturated rings. The summed E-state index contributed by atoms with van der Waals surface area (Å²) in [5.41, 5.74) is 3.57. The molecular weight excluding hydrogens is 418 g/mol. The highest BCUT2D eigenvalue weighted by Gasteiger charge is 2.08. The van der Waals surface area contributed by atoms with Gasteiger partial charge < -0.3 is 10.1 Å². The maximum Gasteiger partial charge on any atom is 0.255 e. The third-order valence-corrected chi connectivity index (χ3v) is 4.83. The molecule has 164 valence electrons. The number of aromatic nitrogens is 5. The van der Waals surface area contributed by atoms with E-state index < -0.39 is 0 Å². The number of rotatable bonds is 8. The fourth-order valence-electron chi connectivity index (χ4n) is 3.12. The standard InChI is InChI=1S/C24H21N7O2/c1-16-3-6-22(29-11-16)33-21-5-4-17(10-20(21)25-2)7-8-28-24-30-14-19(23(32)31-24)9-18-12-26-15-27-13-18/h3-6,10-15H,7-9H2,1H3,(H2,28,30,31,32). The fourth-order valence-corrected chi connectivity index (χ4v) is 3.12. The third-order valence-electron chi connectivity index (χ3n) is 4.83. The summed E-state index contributed by atoms with van der Waals surface area (Å²) in [6.07, 6.45) is 9.10. The number of hydrogen-bond acceptors (Lipinski definition) is 7. The van der Waals surface area contributed by atoms with Crippen molar-refractivity contribution in [3.8, 4) is 11.6 Å². The van der Waals surface area contributed by atoms with Crippen LogP contribution < -0.4 is 15.6 Å². The van der Waals surface area contributed by atoms with Gasteiger partial charge in [-0.2, -0.15) is 0 Å². The number of benzene rings is 1. The topological polar surface area (TPSA) is 110 Å². The SMILES string of the molecule is [C-]#[N+]c1cc(CCNc2ncc(Cc3cncnc3)c(=O)[nH]2)ccc1Oc1ccc(C)cn1. The second kappa shape index (κ2) is 10.2. The van der Waals surface area contributed by atoms with Crippen LogP contribution in [0.15, 0.2) is 66.2 Å². The summed E-state index contributed by atoms with van der Waals surface area (Å²) >= 11 is 0. The van der Waals surface area contributed by atoms with Crippen LogP contribution in [-0.4, -0.2) is 31.5 Å². The van der Waals surface area contributed by atoms with Gasteiger partial charge in [0.25, 0.3) is 5.56 Å². The van der Waals surface area contributed by atoms with Gasteiger partial charge in [-0.25, -0.2) is 24.8 Å². The number of nitrogens with zero attached hydrogens (tertiary/aromatic N) is 5. The molecule has 4 aromatic rings. The molecule has 0 spiro atoms. The average Bonchev–Trinajstić information content (AvgIpc) is 2.83. The van der Waals surface area contributed by atoms with Gasteiger partial charge in [0.2, 0.25) is 17.5 Å². The molecule has 0 aliphatic heterocycles. The van der Waals surface area contributed by atoms with E-state index in [0.717, 1.165) is 16.7 Å². The van der Waals surface area contributed by atoms with Crippen LogP contribution in [0.3, 0.4) is 0 Å². The minimum atomic E-state index is -0.210. The van der Waals surface area contributed by atoms with Crippen molar-refractivity contribution in [1.29, 1.82) is 0 Å². The molecule has 33 heavy (non-hydrogen) atoms. The molecular formula is C24H21N7O2. The lowest BCUT2D eigenvalue weighted by Crippen LogP contribution is -2.18. The lowest BCUT2D eigenvalue weighted by molar-refractivity contribution is 0.465. The highest BCUT2D eigenvalue weighted by molar-refractivity contribution is 5.60. The zero-order valence-electron chi connectivity index (χ0n) is 17.9. The number of aryl methyl sites for hydroxylation is 1. The Bertz CT molecular complexity index is 1330. The van der Waals surface area contributed by atoms with Crippen molar-refractivity contribution in [3.63, 3.8) is 0 Å². The molecule has 1 aromatic carbocycles. The lowest BCUT2D eigenvalue weighted by Gasteiger charge is -2.10. The van der Waals surface area contributed by atoms with E-state index in [1.807, 2.05) is 19.1 Å². The predicted molar refractivity (Wildman–Crippen MR) is 124 cm³/mol. The molecule has 9 nitrogen and oxygen atoms in total. The average molecular weight is 439 g/mol. The smallest absolute Gasteiger partial charge is 0.255 e. The van der Waals surface area contributed by atoms with Gasteiger partial charge in [-0.3, -0.25) is 9.78 Å². The lowest BCUT2D eigenvalue weighted by atomic mass is 10.1. The molecule has 3 heterocycles. The Balaban J connectivity index is 1.35. The molecule has 0 aliphatic rings. The minimum absolute atomic E-state index is 0.210. The number of ether oxygens (including phenoxy) is 1. The van der Waals surface area contributed by atoms with Crippen molar-refractivity contribution in [2.24, 2.45) is 0 Å². The summed E-state index contributed by atoms with van der Waals surface area (Å²) < 4.78 is 5.75. The van der Waals surface area contributed by atoms with Crippen molar-refractivity contribution in [2.45, 2.75) is 19.8 Å². The Morgan fingerprint density at radius 2 is 1.91 bits per heavy atom. The van der Waals surface area contributed by atoms with Crippen LogP contribution >= 0.6 is 0 Å². The molecule has 0 amide bonds. The first-order valence-electron chi connectivity index (χ1n) is 10.3. The second-order valence-electron chi connectivity index (χ2n) is 7.38. The van der Waals surface area contributed by atoms with Crippen LogP contribution in [0, 0.1) is 13.5 Å². The van der Waals surface area contributed by atoms with Gasteiger partial charge in [-0.1, -0.05) is 17.7 Å². The van der Waals surface area contributed by atoms with Gasteiger partial charge in [0.15, 0.2) is 0 Å². The first-order chi connectivity index (χ1) is 16.1. The van der Waals surface area contributed by atoms with Crippen LogP contribution in [0.25, 0.3) is 4.85 Å². The molecule has 9 heteroatoms. The number of nitrogens with one attached hydrogen (secondary N) is 2. The summed E-state index contributed by atoms with van der Waals surface area (Å²) in [5.74, 6) is 1.30. The van der Waals surface area contributed by atoms with Crippen LogP contribution in [0.4, 0.5) is 11.6 Å². The van der Waals surface area contributed by atoms with E-state index in [9.17, 15) is 4.79 Å². The number of anilines is 1. The fraction of sp³-hybridized carbons (Fsp3) is 0.167. The van der Waals surface area contributed by atoms with E-state index in [1.54, 1.807) is 43.0 Å². The largest absolute Gasteiger partial charge is 0.450 e. The maximum absolute atomic E-state index is 12.3. The van der Waals surface area contributed by atoms with Crippen molar-refractivity contribution < 1.29 is 4.74 Å². The van der Waals surface area contributed by atoms with Gasteiger partial charge in [0.1, 0.15) is 12.1 Å². The molecule has 0 radical (unpaired) electrons. The molecule has 0 aliphatic carbocycles. The van der Waals surface area contributed by atoms with Gasteiger partial charge in [-0.05, 0) is 36.6 Å². The van der Waals surface area contributed by atoms with E-state index >= 15 is 0 Å². The van der Waals surface area contributed by atoms with Crippen LogP contribution in [0.2, 0.25) is 0 Å². The van der Waals surface area contributed by atoms with Crippen LogP contribution in [-0.2, 0) is 12.8 Å². The Kier molecular flexibility index (Phi) is 6.66. The van der Waals surface area contributed by atoms with Crippen LogP contribution in [0.1, 0.15) is 22.3 Å². The van der Waals surface area contributed by atoms with E-state index in [1.165, 1.54) is 6.33 Å². The zero-order chi connectivity index (χ0) is 23.0. The normalized spacial score (nSPS) is 10.4. The Morgan fingerprint density at radius 3 is 2.64 bits per heavy atom. The highest BCUT2D eigenvalue weighted by Crippen LogP contribution is 2.32. The number of hydrogen-bond donors (Lipinski definition) is 2. The summed E-state index contributed by atoms with van der Waals surface area (Å²) in [4.78, 5) is 35.1. The summed E-state index contributed by atoms with van der Waals surface area (Å²) in [6, 6.07) is 9.14. The predicted octanol–water partition coefficient (Wildman–Crippen LogP) is 3.85. The van der Waals surface area contributed by atoms with Gasteiger partial charge >= 0.3 is 0 Å². The second-order valence-corrected chi connectivity index (χ2v) is 7.38. The molecule has 2 N–H and O–H groups in total. The Morgan fingerprint density at radius 1 is 1.06 bits per heavy atom. The minimum Gasteiger partial charge on any atom is -0.450 e. The van der Waals surface area contributed by atoms with Gasteiger partial charge in [-0.15, -0.1) is 0 Å².